The maximum atomic E-state index is 12.8. The van der Waals surface area contributed by atoms with Gasteiger partial charge >= 0.3 is 0 Å². The molecule has 2 aromatic rings. The molecule has 0 saturated heterocycles. The van der Waals surface area contributed by atoms with Gasteiger partial charge in [-0.25, -0.2) is 4.39 Å². The number of aryl methyl sites for hydroxylation is 1. The van der Waals surface area contributed by atoms with Crippen molar-refractivity contribution in [1.82, 2.24) is 5.32 Å². The number of benzene rings is 2. The topological polar surface area (TPSA) is 41.1 Å². The number of amides is 1. The van der Waals surface area contributed by atoms with Crippen molar-refractivity contribution in [3.63, 3.8) is 0 Å². The van der Waals surface area contributed by atoms with Crippen molar-refractivity contribution in [3.05, 3.63) is 65.5 Å². The predicted molar refractivity (Wildman–Crippen MR) is 81.3 cm³/mol. The van der Waals surface area contributed by atoms with Gasteiger partial charge in [0.1, 0.15) is 5.82 Å². The van der Waals surface area contributed by atoms with Gasteiger partial charge in [-0.3, -0.25) is 10.1 Å². The van der Waals surface area contributed by atoms with Crippen LogP contribution in [0.15, 0.2) is 48.5 Å². The smallest absolute Gasteiger partial charge is 0.257 e. The summed E-state index contributed by atoms with van der Waals surface area (Å²) in [5, 5.41) is 5.66. The molecule has 0 heterocycles. The second-order valence-corrected chi connectivity index (χ2v) is 4.69. The molecule has 3 nitrogen and oxygen atoms in total. The third-order valence-corrected chi connectivity index (χ3v) is 2.81. The number of hydrogen-bond donors (Lipinski definition) is 2. The minimum Gasteiger partial charge on any atom is -0.332 e. The molecule has 0 saturated carbocycles. The highest BCUT2D eigenvalue weighted by Gasteiger charge is 2.07. The molecule has 1 amide bonds. The molecule has 0 aromatic heterocycles. The molecule has 20 heavy (non-hydrogen) atoms. The van der Waals surface area contributed by atoms with E-state index in [1.807, 2.05) is 31.2 Å². The van der Waals surface area contributed by atoms with Crippen LogP contribution in [0.1, 0.15) is 15.9 Å². The van der Waals surface area contributed by atoms with E-state index in [-0.39, 0.29) is 16.8 Å². The average Bonchev–Trinajstić information content (AvgIpc) is 2.39. The molecule has 2 N–H and O–H groups in total. The van der Waals surface area contributed by atoms with E-state index in [1.54, 1.807) is 0 Å². The summed E-state index contributed by atoms with van der Waals surface area (Å²) in [6.07, 6.45) is 0. The van der Waals surface area contributed by atoms with Gasteiger partial charge in [0.05, 0.1) is 0 Å². The van der Waals surface area contributed by atoms with Crippen LogP contribution in [0.25, 0.3) is 0 Å². The highest BCUT2D eigenvalue weighted by Crippen LogP contribution is 2.09. The molecule has 2 rings (SSSR count). The summed E-state index contributed by atoms with van der Waals surface area (Å²) < 4.78 is 12.8. The van der Waals surface area contributed by atoms with Gasteiger partial charge in [0.15, 0.2) is 5.11 Å². The molecule has 0 spiro atoms. The number of hydrogen-bond acceptors (Lipinski definition) is 2. The summed E-state index contributed by atoms with van der Waals surface area (Å²) in [6, 6.07) is 12.9. The van der Waals surface area contributed by atoms with Crippen LogP contribution in [0.2, 0.25) is 0 Å². The number of carbonyl (C=O) groups is 1. The summed E-state index contributed by atoms with van der Waals surface area (Å²) in [4.78, 5) is 11.9. The van der Waals surface area contributed by atoms with Crippen LogP contribution in [-0.2, 0) is 0 Å². The molecule has 102 valence electrons. The Kier molecular flexibility index (Phi) is 4.42. The van der Waals surface area contributed by atoms with E-state index in [9.17, 15) is 9.18 Å². The van der Waals surface area contributed by atoms with E-state index >= 15 is 0 Å². The van der Waals surface area contributed by atoms with Gasteiger partial charge < -0.3 is 5.32 Å². The minimum atomic E-state index is -0.387. The van der Waals surface area contributed by atoms with E-state index in [0.29, 0.717) is 5.56 Å². The first kappa shape index (κ1) is 14.1. The quantitative estimate of drug-likeness (QED) is 0.833. The SMILES string of the molecule is Cc1cccc(NC(=S)NC(=O)c2ccc(F)cc2)c1. The fourth-order valence-corrected chi connectivity index (χ4v) is 1.87. The van der Waals surface area contributed by atoms with Crippen molar-refractivity contribution < 1.29 is 9.18 Å². The minimum absolute atomic E-state index is 0.199. The van der Waals surface area contributed by atoms with Crippen LogP contribution in [-0.4, -0.2) is 11.0 Å². The average molecular weight is 288 g/mol. The third kappa shape index (κ3) is 3.86. The Labute approximate surface area is 121 Å². The number of anilines is 1. The number of rotatable bonds is 2. The Morgan fingerprint density at radius 2 is 1.85 bits per heavy atom. The first-order valence-electron chi connectivity index (χ1n) is 5.99. The van der Waals surface area contributed by atoms with Gasteiger partial charge in [0, 0.05) is 11.3 Å². The van der Waals surface area contributed by atoms with E-state index in [0.717, 1.165) is 11.3 Å². The Bertz CT molecular complexity index is 641. The molecule has 2 aromatic carbocycles. The molecule has 0 atom stereocenters. The summed E-state index contributed by atoms with van der Waals surface area (Å²) in [5.74, 6) is -0.767. The fourth-order valence-electron chi connectivity index (χ4n) is 1.66. The van der Waals surface area contributed by atoms with Gasteiger partial charge in [-0.2, -0.15) is 0 Å². The van der Waals surface area contributed by atoms with E-state index in [4.69, 9.17) is 12.2 Å². The summed E-state index contributed by atoms with van der Waals surface area (Å²) in [5.41, 5.74) is 2.23. The lowest BCUT2D eigenvalue weighted by Crippen LogP contribution is -2.34. The molecule has 0 aliphatic carbocycles. The summed E-state index contributed by atoms with van der Waals surface area (Å²) in [6.45, 7) is 1.96. The maximum absolute atomic E-state index is 12.8. The lowest BCUT2D eigenvalue weighted by Gasteiger charge is -2.10. The van der Waals surface area contributed by atoms with Crippen LogP contribution in [0.4, 0.5) is 10.1 Å². The van der Waals surface area contributed by atoms with Crippen LogP contribution >= 0.6 is 12.2 Å². The maximum Gasteiger partial charge on any atom is 0.257 e. The first-order chi connectivity index (χ1) is 9.54. The third-order valence-electron chi connectivity index (χ3n) is 2.61. The van der Waals surface area contributed by atoms with Gasteiger partial charge in [-0.05, 0) is 61.1 Å². The molecule has 0 bridgehead atoms. The van der Waals surface area contributed by atoms with Crippen molar-refractivity contribution >= 4 is 28.9 Å². The second kappa shape index (κ2) is 6.25. The zero-order chi connectivity index (χ0) is 14.5. The first-order valence-corrected chi connectivity index (χ1v) is 6.40. The molecule has 0 aliphatic heterocycles. The van der Waals surface area contributed by atoms with Crippen molar-refractivity contribution in [2.75, 3.05) is 5.32 Å². The molecule has 0 aliphatic rings. The lowest BCUT2D eigenvalue weighted by molar-refractivity contribution is 0.0977. The number of nitrogens with one attached hydrogen (secondary N) is 2. The van der Waals surface area contributed by atoms with Gasteiger partial charge in [-0.1, -0.05) is 12.1 Å². The Morgan fingerprint density at radius 3 is 2.50 bits per heavy atom. The van der Waals surface area contributed by atoms with Crippen molar-refractivity contribution in [2.24, 2.45) is 0 Å². The molecule has 0 fully saturated rings. The van der Waals surface area contributed by atoms with E-state index in [2.05, 4.69) is 10.6 Å². The van der Waals surface area contributed by atoms with Gasteiger partial charge in [0.25, 0.3) is 5.91 Å². The molecule has 5 heteroatoms. The largest absolute Gasteiger partial charge is 0.332 e. The lowest BCUT2D eigenvalue weighted by atomic mass is 10.2. The highest BCUT2D eigenvalue weighted by atomic mass is 32.1. The summed E-state index contributed by atoms with van der Waals surface area (Å²) in [7, 11) is 0. The van der Waals surface area contributed by atoms with Crippen LogP contribution in [0.3, 0.4) is 0 Å². The molecule has 0 unspecified atom stereocenters. The van der Waals surface area contributed by atoms with Gasteiger partial charge in [0.2, 0.25) is 0 Å². The highest BCUT2D eigenvalue weighted by molar-refractivity contribution is 7.80. The van der Waals surface area contributed by atoms with Crippen molar-refractivity contribution in [2.45, 2.75) is 6.92 Å². The molecule has 0 radical (unpaired) electrons. The zero-order valence-electron chi connectivity index (χ0n) is 10.8. The normalized spacial score (nSPS) is 9.90. The predicted octanol–water partition coefficient (Wildman–Crippen LogP) is 3.26. The number of thiocarbonyl (C=S) groups is 1. The van der Waals surface area contributed by atoms with Gasteiger partial charge in [-0.15, -0.1) is 0 Å². The number of halogens is 1. The fraction of sp³-hybridized carbons (Fsp3) is 0.0667. The standard InChI is InChI=1S/C15H13FN2OS/c1-10-3-2-4-13(9-10)17-15(20)18-14(19)11-5-7-12(16)8-6-11/h2-9H,1H3,(H2,17,18,19,20). The molecular formula is C15H13FN2OS. The van der Waals surface area contributed by atoms with Crippen LogP contribution < -0.4 is 10.6 Å². The van der Waals surface area contributed by atoms with Crippen LogP contribution in [0, 0.1) is 12.7 Å². The van der Waals surface area contributed by atoms with Crippen molar-refractivity contribution in [3.8, 4) is 0 Å². The summed E-state index contributed by atoms with van der Waals surface area (Å²) >= 11 is 5.06. The monoisotopic (exact) mass is 288 g/mol. The van der Waals surface area contributed by atoms with E-state index in [1.165, 1.54) is 24.3 Å². The van der Waals surface area contributed by atoms with E-state index < -0.39 is 0 Å². The number of carbonyl (C=O) groups excluding carboxylic acids is 1. The second-order valence-electron chi connectivity index (χ2n) is 4.28. The van der Waals surface area contributed by atoms with Crippen molar-refractivity contribution in [1.29, 1.82) is 0 Å². The Hall–Kier alpha value is -2.27. The Balaban J connectivity index is 1.97. The van der Waals surface area contributed by atoms with Crippen LogP contribution in [0.5, 0.6) is 0 Å². The molecular weight excluding hydrogens is 275 g/mol. The Morgan fingerprint density at radius 1 is 1.15 bits per heavy atom. The zero-order valence-corrected chi connectivity index (χ0v) is 11.6.